The van der Waals surface area contributed by atoms with Gasteiger partial charge in [-0.2, -0.15) is 0 Å². The van der Waals surface area contributed by atoms with Gasteiger partial charge in [-0.3, -0.25) is 0 Å². The Labute approximate surface area is 86.8 Å². The zero-order chi connectivity index (χ0) is 10.4. The van der Waals surface area contributed by atoms with Crippen molar-refractivity contribution in [1.29, 1.82) is 0 Å². The average molecular weight is 201 g/mol. The van der Waals surface area contributed by atoms with Crippen LogP contribution in [-0.2, 0) is 4.74 Å². The van der Waals surface area contributed by atoms with Crippen molar-refractivity contribution in [2.75, 3.05) is 19.8 Å². The van der Waals surface area contributed by atoms with Gasteiger partial charge in [-0.15, -0.1) is 0 Å². The Morgan fingerprint density at radius 3 is 2.64 bits per heavy atom. The van der Waals surface area contributed by atoms with Crippen LogP contribution < -0.4 is 5.32 Å². The van der Waals surface area contributed by atoms with Crippen LogP contribution in [0.3, 0.4) is 0 Å². The van der Waals surface area contributed by atoms with Crippen molar-refractivity contribution in [3.05, 3.63) is 0 Å². The third kappa shape index (κ3) is 3.95. The molecule has 1 fully saturated rings. The topological polar surface area (TPSA) is 41.5 Å². The van der Waals surface area contributed by atoms with E-state index in [1.165, 1.54) is 12.8 Å². The average Bonchev–Trinajstić information content (AvgIpc) is 2.17. The Hall–Kier alpha value is -0.120. The van der Waals surface area contributed by atoms with Crippen LogP contribution in [0.25, 0.3) is 0 Å². The molecular formula is C11H23NO2. The summed E-state index contributed by atoms with van der Waals surface area (Å²) < 4.78 is 5.23. The zero-order valence-electron chi connectivity index (χ0n) is 9.38. The molecular weight excluding hydrogens is 178 g/mol. The van der Waals surface area contributed by atoms with E-state index in [4.69, 9.17) is 4.74 Å². The molecule has 0 radical (unpaired) electrons. The maximum atomic E-state index is 10.1. The van der Waals surface area contributed by atoms with E-state index >= 15 is 0 Å². The number of nitrogens with one attached hydrogen (secondary N) is 1. The molecule has 0 bridgehead atoms. The molecule has 0 aliphatic carbocycles. The number of ether oxygens (including phenoxy) is 1. The van der Waals surface area contributed by atoms with Crippen LogP contribution in [0.1, 0.15) is 39.5 Å². The summed E-state index contributed by atoms with van der Waals surface area (Å²) in [5.41, 5.74) is -0.528. The second-order valence-corrected chi connectivity index (χ2v) is 4.41. The summed E-state index contributed by atoms with van der Waals surface area (Å²) in [4.78, 5) is 0. The van der Waals surface area contributed by atoms with E-state index in [0.717, 1.165) is 12.8 Å². The Bertz CT molecular complexity index is 155. The van der Waals surface area contributed by atoms with Crippen molar-refractivity contribution in [3.8, 4) is 0 Å². The molecule has 0 spiro atoms. The summed E-state index contributed by atoms with van der Waals surface area (Å²) in [7, 11) is 0. The lowest BCUT2D eigenvalue weighted by molar-refractivity contribution is -0.0626. The van der Waals surface area contributed by atoms with E-state index in [9.17, 15) is 5.11 Å². The first kappa shape index (κ1) is 12.0. The predicted octanol–water partition coefficient (Wildman–Crippen LogP) is 1.31. The smallest absolute Gasteiger partial charge is 0.0815 e. The van der Waals surface area contributed by atoms with Gasteiger partial charge in [0.2, 0.25) is 0 Å². The largest absolute Gasteiger partial charge is 0.388 e. The first-order chi connectivity index (χ1) is 6.66. The lowest BCUT2D eigenvalue weighted by Crippen LogP contribution is -2.47. The molecule has 1 heterocycles. The van der Waals surface area contributed by atoms with Gasteiger partial charge in [0.1, 0.15) is 0 Å². The van der Waals surface area contributed by atoms with Crippen molar-refractivity contribution in [1.82, 2.24) is 5.32 Å². The predicted molar refractivity (Wildman–Crippen MR) is 57.4 cm³/mol. The molecule has 14 heavy (non-hydrogen) atoms. The third-order valence-electron chi connectivity index (χ3n) is 2.92. The van der Waals surface area contributed by atoms with Gasteiger partial charge in [0.05, 0.1) is 5.60 Å². The summed E-state index contributed by atoms with van der Waals surface area (Å²) in [6.45, 7) is 6.45. The normalized spacial score (nSPS) is 23.4. The second kappa shape index (κ2) is 5.69. The summed E-state index contributed by atoms with van der Waals surface area (Å²) in [5, 5.41) is 13.5. The molecule has 3 heteroatoms. The Balaban J connectivity index is 2.21. The molecule has 0 aromatic heterocycles. The minimum Gasteiger partial charge on any atom is -0.388 e. The molecule has 1 saturated heterocycles. The lowest BCUT2D eigenvalue weighted by atomic mass is 9.94. The van der Waals surface area contributed by atoms with Gasteiger partial charge in [0.25, 0.3) is 0 Å². The van der Waals surface area contributed by atoms with Crippen molar-refractivity contribution >= 4 is 0 Å². The van der Waals surface area contributed by atoms with Gasteiger partial charge in [0.15, 0.2) is 0 Å². The fourth-order valence-corrected chi connectivity index (χ4v) is 1.83. The first-order valence-corrected chi connectivity index (χ1v) is 5.70. The molecule has 1 unspecified atom stereocenters. The molecule has 0 saturated carbocycles. The van der Waals surface area contributed by atoms with Crippen LogP contribution in [-0.4, -0.2) is 36.5 Å². The van der Waals surface area contributed by atoms with Crippen molar-refractivity contribution in [2.24, 2.45) is 0 Å². The quantitative estimate of drug-likeness (QED) is 0.704. The fraction of sp³-hybridized carbons (Fsp3) is 1.00. The Kier molecular flexibility index (Phi) is 4.85. The molecule has 0 aromatic rings. The molecule has 1 aliphatic heterocycles. The maximum absolute atomic E-state index is 10.1. The highest BCUT2D eigenvalue weighted by Gasteiger charge is 2.29. The van der Waals surface area contributed by atoms with E-state index in [0.29, 0.717) is 25.8 Å². The zero-order valence-corrected chi connectivity index (χ0v) is 9.38. The molecule has 2 N–H and O–H groups in total. The maximum Gasteiger partial charge on any atom is 0.0815 e. The summed E-state index contributed by atoms with van der Waals surface area (Å²) in [6.07, 6.45) is 3.89. The van der Waals surface area contributed by atoms with Gasteiger partial charge >= 0.3 is 0 Å². The standard InChI is InChI=1S/C11H23NO2/c1-3-4-10(2)12-9-11(13)5-7-14-8-6-11/h10,12-13H,3-9H2,1-2H3. The first-order valence-electron chi connectivity index (χ1n) is 5.70. The van der Waals surface area contributed by atoms with E-state index in [-0.39, 0.29) is 0 Å². The van der Waals surface area contributed by atoms with Crippen LogP contribution in [0, 0.1) is 0 Å². The highest BCUT2D eigenvalue weighted by atomic mass is 16.5. The van der Waals surface area contributed by atoms with E-state index in [1.807, 2.05) is 0 Å². The molecule has 0 amide bonds. The van der Waals surface area contributed by atoms with Gasteiger partial charge < -0.3 is 15.2 Å². The third-order valence-corrected chi connectivity index (χ3v) is 2.92. The number of aliphatic hydroxyl groups is 1. The number of hydrogen-bond donors (Lipinski definition) is 2. The van der Waals surface area contributed by atoms with Crippen LogP contribution >= 0.6 is 0 Å². The van der Waals surface area contributed by atoms with Crippen LogP contribution in [0.15, 0.2) is 0 Å². The fourth-order valence-electron chi connectivity index (χ4n) is 1.83. The molecule has 1 rings (SSSR count). The van der Waals surface area contributed by atoms with E-state index in [2.05, 4.69) is 19.2 Å². The molecule has 3 nitrogen and oxygen atoms in total. The molecule has 84 valence electrons. The minimum atomic E-state index is -0.528. The van der Waals surface area contributed by atoms with E-state index < -0.39 is 5.60 Å². The Morgan fingerprint density at radius 1 is 1.43 bits per heavy atom. The van der Waals surface area contributed by atoms with Gasteiger partial charge in [0, 0.05) is 38.6 Å². The lowest BCUT2D eigenvalue weighted by Gasteiger charge is -2.33. The molecule has 0 aromatic carbocycles. The summed E-state index contributed by atoms with van der Waals surface area (Å²) in [5.74, 6) is 0. The second-order valence-electron chi connectivity index (χ2n) is 4.41. The highest BCUT2D eigenvalue weighted by molar-refractivity contribution is 4.84. The summed E-state index contributed by atoms with van der Waals surface area (Å²) >= 11 is 0. The molecule has 1 aliphatic rings. The molecule has 1 atom stereocenters. The number of hydrogen-bond acceptors (Lipinski definition) is 3. The van der Waals surface area contributed by atoms with Gasteiger partial charge in [-0.05, 0) is 13.3 Å². The van der Waals surface area contributed by atoms with Crippen molar-refractivity contribution in [3.63, 3.8) is 0 Å². The van der Waals surface area contributed by atoms with E-state index in [1.54, 1.807) is 0 Å². The van der Waals surface area contributed by atoms with Gasteiger partial charge in [-0.25, -0.2) is 0 Å². The van der Waals surface area contributed by atoms with Crippen molar-refractivity contribution in [2.45, 2.75) is 51.2 Å². The monoisotopic (exact) mass is 201 g/mol. The minimum absolute atomic E-state index is 0.506. The van der Waals surface area contributed by atoms with Crippen LogP contribution in [0.5, 0.6) is 0 Å². The SMILES string of the molecule is CCCC(C)NCC1(O)CCOCC1. The van der Waals surface area contributed by atoms with Crippen molar-refractivity contribution < 1.29 is 9.84 Å². The number of rotatable bonds is 5. The van der Waals surface area contributed by atoms with Crippen LogP contribution in [0.4, 0.5) is 0 Å². The summed E-state index contributed by atoms with van der Waals surface area (Å²) in [6, 6.07) is 0.506. The van der Waals surface area contributed by atoms with Crippen LogP contribution in [0.2, 0.25) is 0 Å². The van der Waals surface area contributed by atoms with Gasteiger partial charge in [-0.1, -0.05) is 13.3 Å². The highest BCUT2D eigenvalue weighted by Crippen LogP contribution is 2.19. The Morgan fingerprint density at radius 2 is 2.07 bits per heavy atom.